The molecule has 1 aliphatic carbocycles. The summed E-state index contributed by atoms with van der Waals surface area (Å²) in [5.74, 6) is 1.89. The Kier molecular flexibility index (Phi) is 6.70. The highest BCUT2D eigenvalue weighted by Gasteiger charge is 2.31. The lowest BCUT2D eigenvalue weighted by atomic mass is 9.49. The van der Waals surface area contributed by atoms with Crippen molar-refractivity contribution in [1.82, 2.24) is 24.7 Å². The Hall–Kier alpha value is -2.93. The van der Waals surface area contributed by atoms with E-state index in [0.717, 1.165) is 37.4 Å². The van der Waals surface area contributed by atoms with E-state index in [1.807, 2.05) is 6.07 Å². The fourth-order valence-corrected chi connectivity index (χ4v) is 3.49. The van der Waals surface area contributed by atoms with Gasteiger partial charge in [0.1, 0.15) is 29.2 Å². The van der Waals surface area contributed by atoms with E-state index in [9.17, 15) is 0 Å². The van der Waals surface area contributed by atoms with Crippen LogP contribution in [0, 0.1) is 23.2 Å². The second-order valence-electron chi connectivity index (χ2n) is 8.78. The predicted octanol–water partition coefficient (Wildman–Crippen LogP) is 2.06. The Labute approximate surface area is 196 Å². The number of ether oxygens (including phenoxy) is 2. The summed E-state index contributed by atoms with van der Waals surface area (Å²) in [7, 11) is 17.2. The van der Waals surface area contributed by atoms with Crippen LogP contribution in [0.25, 0.3) is 11.0 Å². The first-order valence-corrected chi connectivity index (χ1v) is 11.0. The van der Waals surface area contributed by atoms with E-state index in [1.54, 1.807) is 18.5 Å². The molecule has 0 bridgehead atoms. The predicted molar refractivity (Wildman–Crippen MR) is 127 cm³/mol. The minimum Gasteiger partial charge on any atom is -0.472 e. The van der Waals surface area contributed by atoms with Crippen molar-refractivity contribution in [3.05, 3.63) is 24.2 Å². The molecule has 1 saturated heterocycles. The first-order chi connectivity index (χ1) is 15.7. The molecule has 2 aliphatic rings. The molecule has 3 atom stereocenters. The molecular formula is C21H24B3N7O2. The molecule has 5 rings (SSSR count). The van der Waals surface area contributed by atoms with Crippen LogP contribution in [-0.4, -0.2) is 67.6 Å². The van der Waals surface area contributed by atoms with E-state index in [4.69, 9.17) is 38.3 Å². The van der Waals surface area contributed by atoms with Crippen molar-refractivity contribution >= 4 is 46.2 Å². The average Bonchev–Trinajstić information content (AvgIpc) is 3.50. The van der Waals surface area contributed by atoms with Crippen LogP contribution in [0.15, 0.2) is 18.5 Å². The molecule has 1 aliphatic heterocycles. The number of hydrogen-bond acceptors (Lipinski definition) is 7. The third-order valence-electron chi connectivity index (χ3n) is 5.78. The first kappa shape index (κ1) is 23.2. The Balaban J connectivity index is 0.000000376. The molecule has 164 valence electrons. The lowest BCUT2D eigenvalue weighted by molar-refractivity contribution is 0.0535. The summed E-state index contributed by atoms with van der Waals surface area (Å²) in [5, 5.41) is 15.4. The van der Waals surface area contributed by atoms with Gasteiger partial charge in [0.15, 0.2) is 0 Å². The zero-order valence-corrected chi connectivity index (χ0v) is 18.8. The Morgan fingerprint density at radius 3 is 2.67 bits per heavy atom. The molecule has 12 heteroatoms. The van der Waals surface area contributed by atoms with Crippen LogP contribution in [-0.2, 0) is 9.97 Å². The molecule has 2 fully saturated rings. The van der Waals surface area contributed by atoms with Gasteiger partial charge in [-0.2, -0.15) is 10.2 Å². The van der Waals surface area contributed by atoms with Crippen LogP contribution < -0.4 is 10.1 Å². The van der Waals surface area contributed by atoms with Crippen LogP contribution in [0.5, 0.6) is 5.88 Å². The van der Waals surface area contributed by atoms with E-state index in [0.29, 0.717) is 34.8 Å². The molecule has 0 aromatic carbocycles. The number of anilines is 2. The normalized spacial score (nSPS) is 22.2. The van der Waals surface area contributed by atoms with Gasteiger partial charge in [-0.15, -0.1) is 5.10 Å². The fraction of sp³-hybridized carbons (Fsp3) is 0.524. The zero-order valence-electron chi connectivity index (χ0n) is 18.8. The molecule has 3 aromatic rings. The summed E-state index contributed by atoms with van der Waals surface area (Å²) < 4.78 is 12.3. The highest BCUT2D eigenvalue weighted by atomic mass is 16.5. The minimum absolute atomic E-state index is 0.0709. The summed E-state index contributed by atoms with van der Waals surface area (Å²) in [4.78, 5) is 11.5. The van der Waals surface area contributed by atoms with Crippen molar-refractivity contribution in [1.29, 1.82) is 5.26 Å². The summed E-state index contributed by atoms with van der Waals surface area (Å²) in [5.41, 5.74) is 1.44. The summed E-state index contributed by atoms with van der Waals surface area (Å²) in [6.07, 6.45) is 6.55. The Morgan fingerprint density at radius 1 is 1.30 bits per heavy atom. The van der Waals surface area contributed by atoms with Gasteiger partial charge in [-0.1, -0.05) is 13.8 Å². The van der Waals surface area contributed by atoms with Crippen molar-refractivity contribution < 1.29 is 9.47 Å². The third-order valence-corrected chi connectivity index (χ3v) is 5.78. The van der Waals surface area contributed by atoms with Crippen molar-refractivity contribution in [3.8, 4) is 11.9 Å². The van der Waals surface area contributed by atoms with Crippen LogP contribution in [0.2, 0.25) is 0 Å². The molecule has 6 radical (unpaired) electrons. The topological polar surface area (TPSA) is 114 Å². The maximum absolute atomic E-state index is 8.98. The van der Waals surface area contributed by atoms with Gasteiger partial charge in [0, 0.05) is 24.8 Å². The molecule has 0 amide bonds. The minimum atomic E-state index is -1.67. The molecule has 1 saturated carbocycles. The SMILES string of the molecule is CC1CCOC1.[B]C([B])([B])n1cc(Nc2ncc3cc(C#N)[nH]c3n2)c(OC2CCC2C)n1. The van der Waals surface area contributed by atoms with Gasteiger partial charge in [-0.05, 0) is 42.4 Å². The number of hydrogen-bond donors (Lipinski definition) is 2. The molecule has 3 aromatic heterocycles. The van der Waals surface area contributed by atoms with Gasteiger partial charge in [-0.3, -0.25) is 4.68 Å². The summed E-state index contributed by atoms with van der Waals surface area (Å²) >= 11 is 0. The van der Waals surface area contributed by atoms with E-state index in [1.165, 1.54) is 11.1 Å². The number of rotatable bonds is 5. The molecule has 4 heterocycles. The molecule has 33 heavy (non-hydrogen) atoms. The fourth-order valence-electron chi connectivity index (χ4n) is 3.49. The summed E-state index contributed by atoms with van der Waals surface area (Å²) in [6, 6.07) is 3.71. The van der Waals surface area contributed by atoms with Gasteiger partial charge in [0.25, 0.3) is 5.88 Å². The van der Waals surface area contributed by atoms with E-state index >= 15 is 0 Å². The number of nitrogens with one attached hydrogen (secondary N) is 2. The first-order valence-electron chi connectivity index (χ1n) is 11.0. The number of nitrogens with zero attached hydrogens (tertiary/aromatic N) is 5. The van der Waals surface area contributed by atoms with Crippen LogP contribution >= 0.6 is 0 Å². The molecule has 0 spiro atoms. The average molecular weight is 439 g/mol. The van der Waals surface area contributed by atoms with Gasteiger partial charge < -0.3 is 19.8 Å². The smallest absolute Gasteiger partial charge is 0.257 e. The standard InChI is InChI=1S/C16H14B3N7O.C5H10O/c1-8-2-3-12(8)27-14-11(7-26(25-14)16(17,18)19)23-15-21-6-9-4-10(5-20)22-13(9)24-15;1-5-2-3-6-4-5/h4,6-8,12H,2-3H2,1H3,(H2,21,22,23,24);5H,2-4H2,1H3. The highest BCUT2D eigenvalue weighted by molar-refractivity contribution is 6.56. The number of aromatic amines is 1. The molecule has 9 nitrogen and oxygen atoms in total. The van der Waals surface area contributed by atoms with Crippen LogP contribution in [0.1, 0.15) is 38.8 Å². The lowest BCUT2D eigenvalue weighted by Gasteiger charge is -2.33. The number of aromatic nitrogens is 5. The highest BCUT2D eigenvalue weighted by Crippen LogP contribution is 2.34. The van der Waals surface area contributed by atoms with Crippen molar-refractivity contribution in [2.24, 2.45) is 11.8 Å². The van der Waals surface area contributed by atoms with Gasteiger partial charge in [-0.25, -0.2) is 4.98 Å². The Morgan fingerprint density at radius 2 is 2.12 bits per heavy atom. The third kappa shape index (κ3) is 5.53. The number of fused-ring (bicyclic) bond motifs is 1. The van der Waals surface area contributed by atoms with Crippen molar-refractivity contribution in [2.75, 3.05) is 18.5 Å². The van der Waals surface area contributed by atoms with Crippen molar-refractivity contribution in [3.63, 3.8) is 0 Å². The molecular weight excluding hydrogens is 415 g/mol. The second-order valence-corrected chi connectivity index (χ2v) is 8.78. The van der Waals surface area contributed by atoms with E-state index in [-0.39, 0.29) is 6.10 Å². The zero-order chi connectivity index (χ0) is 23.6. The van der Waals surface area contributed by atoms with Gasteiger partial charge >= 0.3 is 0 Å². The summed E-state index contributed by atoms with van der Waals surface area (Å²) in [6.45, 7) is 6.31. The number of H-pyrrole nitrogens is 1. The number of nitriles is 1. The second kappa shape index (κ2) is 9.52. The molecule has 3 unspecified atom stereocenters. The van der Waals surface area contributed by atoms with E-state index < -0.39 is 5.24 Å². The van der Waals surface area contributed by atoms with Crippen molar-refractivity contribution in [2.45, 2.75) is 44.5 Å². The maximum atomic E-state index is 8.98. The largest absolute Gasteiger partial charge is 0.472 e. The Bertz CT molecular complexity index is 1150. The monoisotopic (exact) mass is 439 g/mol. The quantitative estimate of drug-likeness (QED) is 0.586. The molecule has 2 N–H and O–H groups in total. The van der Waals surface area contributed by atoms with E-state index in [2.05, 4.69) is 39.2 Å². The van der Waals surface area contributed by atoms with Crippen LogP contribution in [0.3, 0.4) is 0 Å². The van der Waals surface area contributed by atoms with Crippen LogP contribution in [0.4, 0.5) is 11.6 Å². The lowest BCUT2D eigenvalue weighted by Crippen LogP contribution is -2.36. The van der Waals surface area contributed by atoms with Gasteiger partial charge in [0.05, 0.1) is 29.7 Å². The van der Waals surface area contributed by atoms with Gasteiger partial charge in [0.2, 0.25) is 5.95 Å². The maximum Gasteiger partial charge on any atom is 0.257 e.